The van der Waals surface area contributed by atoms with E-state index >= 15 is 0 Å². The van der Waals surface area contributed by atoms with E-state index in [1.807, 2.05) is 13.8 Å². The first-order valence-electron chi connectivity index (χ1n) is 4.93. The van der Waals surface area contributed by atoms with E-state index in [0.717, 1.165) is 12.0 Å². The number of rotatable bonds is 6. The fourth-order valence-electron chi connectivity index (χ4n) is 0.889. The Balaban J connectivity index is 2.61. The summed E-state index contributed by atoms with van der Waals surface area (Å²) >= 11 is 5.69. The van der Waals surface area contributed by atoms with Gasteiger partial charge in [-0.3, -0.25) is 0 Å². The van der Waals surface area contributed by atoms with Crippen molar-refractivity contribution in [1.82, 2.24) is 15.0 Å². The first kappa shape index (κ1) is 12.7. The number of halogens is 1. The molecule has 1 aromatic heterocycles. The molecular weight excluding hydrogens is 230 g/mol. The highest BCUT2D eigenvalue weighted by Crippen LogP contribution is 2.13. The maximum Gasteiger partial charge on any atom is 0.323 e. The van der Waals surface area contributed by atoms with Crippen LogP contribution in [-0.2, 0) is 0 Å². The number of nitrogens with zero attached hydrogens (tertiary/aromatic N) is 3. The second kappa shape index (κ2) is 6.27. The second-order valence-electron chi connectivity index (χ2n) is 3.16. The average molecular weight is 244 g/mol. The summed E-state index contributed by atoms with van der Waals surface area (Å²) in [4.78, 5) is 11.6. The van der Waals surface area contributed by atoms with Crippen molar-refractivity contribution < 1.29 is 9.47 Å². The van der Waals surface area contributed by atoms with Gasteiger partial charge in [0.05, 0.1) is 13.2 Å². The molecule has 0 aliphatic heterocycles. The number of hydrogen-bond donors (Lipinski definition) is 0. The second-order valence-corrected chi connectivity index (χ2v) is 3.50. The van der Waals surface area contributed by atoms with Gasteiger partial charge in [0.15, 0.2) is 0 Å². The zero-order valence-corrected chi connectivity index (χ0v) is 10.1. The molecule has 0 atom stereocenters. The Morgan fingerprint density at radius 3 is 2.44 bits per heavy atom. The molecule has 0 aliphatic rings. The summed E-state index contributed by atoms with van der Waals surface area (Å²) < 4.78 is 10.4. The van der Waals surface area contributed by atoms with Crippen molar-refractivity contribution in [3.8, 4) is 12.0 Å². The van der Waals surface area contributed by atoms with Gasteiger partial charge >= 0.3 is 12.0 Å². The quantitative estimate of drug-likeness (QED) is 0.718. The van der Waals surface area contributed by atoms with Crippen LogP contribution in [0.25, 0.3) is 0 Å². The van der Waals surface area contributed by atoms with Crippen molar-refractivity contribution in [2.75, 3.05) is 13.2 Å². The summed E-state index contributed by atoms with van der Waals surface area (Å²) in [6.07, 6.45) is 0.743. The van der Waals surface area contributed by atoms with Gasteiger partial charge in [0.2, 0.25) is 5.28 Å². The zero-order chi connectivity index (χ0) is 12.0. The lowest BCUT2D eigenvalue weighted by atomic mass is 10.3. The van der Waals surface area contributed by atoms with Crippen molar-refractivity contribution in [2.24, 2.45) is 0 Å². The molecule has 0 spiro atoms. The Morgan fingerprint density at radius 1 is 1.25 bits per heavy atom. The first-order valence-corrected chi connectivity index (χ1v) is 5.31. The van der Waals surface area contributed by atoms with E-state index in [9.17, 15) is 0 Å². The molecule has 0 aliphatic carbocycles. The van der Waals surface area contributed by atoms with Crippen LogP contribution in [0.15, 0.2) is 12.2 Å². The monoisotopic (exact) mass is 243 g/mol. The van der Waals surface area contributed by atoms with Gasteiger partial charge in [-0.15, -0.1) is 11.6 Å². The van der Waals surface area contributed by atoms with Crippen LogP contribution in [0, 0.1) is 0 Å². The van der Waals surface area contributed by atoms with Crippen molar-refractivity contribution in [1.29, 1.82) is 0 Å². The van der Waals surface area contributed by atoms with Crippen LogP contribution in [0.1, 0.15) is 20.3 Å². The van der Waals surface area contributed by atoms with Crippen molar-refractivity contribution in [2.45, 2.75) is 20.3 Å². The fourth-order valence-corrected chi connectivity index (χ4v) is 1.03. The third-order valence-electron chi connectivity index (χ3n) is 1.60. The van der Waals surface area contributed by atoms with Crippen LogP contribution < -0.4 is 9.47 Å². The standard InChI is InChI=1S/C10H14ClN3O2/c1-4-15-9-12-8(11)13-10(14-9)16-6-5-7(2)3/h2,4-6H2,1,3H3. The minimum atomic E-state index is 0.0591. The van der Waals surface area contributed by atoms with E-state index in [2.05, 4.69) is 21.5 Å². The summed E-state index contributed by atoms with van der Waals surface area (Å²) in [6.45, 7) is 8.45. The lowest BCUT2D eigenvalue weighted by Gasteiger charge is -2.05. The van der Waals surface area contributed by atoms with Crippen LogP contribution in [0.4, 0.5) is 0 Å². The molecule has 6 heteroatoms. The zero-order valence-electron chi connectivity index (χ0n) is 9.36. The Morgan fingerprint density at radius 2 is 1.88 bits per heavy atom. The molecule has 0 saturated heterocycles. The lowest BCUT2D eigenvalue weighted by Crippen LogP contribution is -2.05. The van der Waals surface area contributed by atoms with Gasteiger partial charge in [-0.25, -0.2) is 0 Å². The van der Waals surface area contributed by atoms with Gasteiger partial charge < -0.3 is 9.47 Å². The predicted octanol–water partition coefficient (Wildman–Crippen LogP) is 2.27. The van der Waals surface area contributed by atoms with E-state index in [4.69, 9.17) is 21.1 Å². The summed E-state index contributed by atoms with van der Waals surface area (Å²) in [5, 5.41) is 0.0591. The SMILES string of the molecule is C=C(C)CCOc1nc(Cl)nc(OCC)n1. The summed E-state index contributed by atoms with van der Waals surface area (Å²) in [6, 6.07) is 0.345. The van der Waals surface area contributed by atoms with Crippen molar-refractivity contribution >= 4 is 11.6 Å². The van der Waals surface area contributed by atoms with E-state index in [1.165, 1.54) is 0 Å². The molecule has 0 radical (unpaired) electrons. The fraction of sp³-hybridized carbons (Fsp3) is 0.500. The van der Waals surface area contributed by atoms with Crippen LogP contribution in [0.3, 0.4) is 0 Å². The Kier molecular flexibility index (Phi) is 4.98. The largest absolute Gasteiger partial charge is 0.464 e. The van der Waals surface area contributed by atoms with Gasteiger partial charge in [0.25, 0.3) is 0 Å². The predicted molar refractivity (Wildman–Crippen MR) is 60.9 cm³/mol. The van der Waals surface area contributed by atoms with Crippen LogP contribution in [0.5, 0.6) is 12.0 Å². The van der Waals surface area contributed by atoms with Crippen LogP contribution in [-0.4, -0.2) is 28.2 Å². The van der Waals surface area contributed by atoms with Gasteiger partial charge in [-0.1, -0.05) is 5.57 Å². The Hall–Kier alpha value is -1.36. The molecule has 88 valence electrons. The number of ether oxygens (including phenoxy) is 2. The highest BCUT2D eigenvalue weighted by Gasteiger charge is 2.06. The molecule has 0 aromatic carbocycles. The molecule has 0 N–H and O–H groups in total. The maximum atomic E-state index is 5.69. The van der Waals surface area contributed by atoms with E-state index in [0.29, 0.717) is 13.2 Å². The molecule has 0 saturated carbocycles. The molecule has 0 amide bonds. The molecule has 5 nitrogen and oxygen atoms in total. The minimum absolute atomic E-state index is 0.0591. The highest BCUT2D eigenvalue weighted by atomic mass is 35.5. The van der Waals surface area contributed by atoms with Gasteiger partial charge in [-0.05, 0) is 25.4 Å². The first-order chi connectivity index (χ1) is 7.61. The summed E-state index contributed by atoms with van der Waals surface area (Å²) in [5.74, 6) is 0. The summed E-state index contributed by atoms with van der Waals surface area (Å²) in [7, 11) is 0. The molecule has 1 rings (SSSR count). The molecular formula is C10H14ClN3O2. The van der Waals surface area contributed by atoms with E-state index < -0.39 is 0 Å². The topological polar surface area (TPSA) is 57.1 Å². The Labute approximate surface area is 99.5 Å². The molecule has 16 heavy (non-hydrogen) atoms. The van der Waals surface area contributed by atoms with Crippen molar-refractivity contribution in [3.63, 3.8) is 0 Å². The summed E-state index contributed by atoms with van der Waals surface area (Å²) in [5.41, 5.74) is 1.03. The van der Waals surface area contributed by atoms with Gasteiger partial charge in [0, 0.05) is 6.42 Å². The highest BCUT2D eigenvalue weighted by molar-refractivity contribution is 6.28. The molecule has 0 bridgehead atoms. The third-order valence-corrected chi connectivity index (χ3v) is 1.77. The molecule has 0 unspecified atom stereocenters. The average Bonchev–Trinajstić information content (AvgIpc) is 2.16. The maximum absolute atomic E-state index is 5.69. The van der Waals surface area contributed by atoms with E-state index in [1.54, 1.807) is 0 Å². The van der Waals surface area contributed by atoms with Crippen LogP contribution >= 0.6 is 11.6 Å². The Bertz CT molecular complexity index is 371. The van der Waals surface area contributed by atoms with Gasteiger partial charge in [-0.2, -0.15) is 9.97 Å². The minimum Gasteiger partial charge on any atom is -0.464 e. The lowest BCUT2D eigenvalue weighted by molar-refractivity contribution is 0.271. The molecule has 1 heterocycles. The normalized spacial score (nSPS) is 9.94. The van der Waals surface area contributed by atoms with E-state index in [-0.39, 0.29) is 17.3 Å². The van der Waals surface area contributed by atoms with Crippen LogP contribution in [0.2, 0.25) is 5.28 Å². The smallest absolute Gasteiger partial charge is 0.323 e. The number of hydrogen-bond acceptors (Lipinski definition) is 5. The molecule has 1 aromatic rings. The number of aromatic nitrogens is 3. The van der Waals surface area contributed by atoms with Gasteiger partial charge in [0.1, 0.15) is 0 Å². The van der Waals surface area contributed by atoms with Crippen molar-refractivity contribution in [3.05, 3.63) is 17.4 Å². The molecule has 0 fully saturated rings. The third kappa shape index (κ3) is 4.44.